The van der Waals surface area contributed by atoms with Crippen LogP contribution in [0.4, 0.5) is 0 Å². The van der Waals surface area contributed by atoms with Gasteiger partial charge in [-0.15, -0.1) is 0 Å². The Kier molecular flexibility index (Phi) is 6.64. The van der Waals surface area contributed by atoms with E-state index in [4.69, 9.17) is 4.98 Å². The molecule has 0 unspecified atom stereocenters. The zero-order valence-corrected chi connectivity index (χ0v) is 16.4. The summed E-state index contributed by atoms with van der Waals surface area (Å²) >= 11 is 0. The van der Waals surface area contributed by atoms with Crippen molar-refractivity contribution in [1.29, 1.82) is 0 Å². The summed E-state index contributed by atoms with van der Waals surface area (Å²) in [5.74, 6) is 0.865. The second-order valence-corrected chi connectivity index (χ2v) is 7.13. The third-order valence-electron chi connectivity index (χ3n) is 4.94. The average molecular weight is 364 g/mol. The lowest BCUT2D eigenvalue weighted by Gasteiger charge is -2.10. The van der Waals surface area contributed by atoms with Crippen molar-refractivity contribution in [3.8, 4) is 0 Å². The molecule has 0 fully saturated rings. The van der Waals surface area contributed by atoms with Gasteiger partial charge in [0.15, 0.2) is 0 Å². The third-order valence-corrected chi connectivity index (χ3v) is 4.94. The molecule has 0 radical (unpaired) electrons. The van der Waals surface area contributed by atoms with Crippen molar-refractivity contribution >= 4 is 16.9 Å². The number of carbonyl (C=O) groups is 1. The highest BCUT2D eigenvalue weighted by Gasteiger charge is 2.12. The van der Waals surface area contributed by atoms with Gasteiger partial charge in [-0.3, -0.25) is 4.79 Å². The number of carbonyl (C=O) groups excluding carboxylic acids is 1. The molecule has 0 saturated carbocycles. The summed E-state index contributed by atoms with van der Waals surface area (Å²) in [6, 6.07) is 15.8. The van der Waals surface area contributed by atoms with Crippen LogP contribution in [0.2, 0.25) is 0 Å². The molecule has 0 aliphatic rings. The predicted octanol–water partition coefficient (Wildman–Crippen LogP) is 5.25. The highest BCUT2D eigenvalue weighted by Crippen LogP contribution is 2.18. The second kappa shape index (κ2) is 9.36. The number of para-hydroxylation sites is 2. The quantitative estimate of drug-likeness (QED) is 0.528. The molecule has 1 aromatic heterocycles. The molecule has 1 amide bonds. The standard InChI is InChI=1S/C23H29N3O/c1-3-4-5-6-9-16-26-21-11-8-7-10-20(21)25-22(26)17-24-23(27)19-14-12-18(2)13-15-19/h7-8,10-15H,3-6,9,16-17H2,1-2H3,(H,24,27). The molecule has 2 aromatic carbocycles. The van der Waals surface area contributed by atoms with Gasteiger partial charge in [0, 0.05) is 12.1 Å². The molecule has 0 saturated heterocycles. The van der Waals surface area contributed by atoms with Gasteiger partial charge < -0.3 is 9.88 Å². The van der Waals surface area contributed by atoms with Gasteiger partial charge in [0.2, 0.25) is 0 Å². The fourth-order valence-corrected chi connectivity index (χ4v) is 3.35. The maximum Gasteiger partial charge on any atom is 0.251 e. The molecule has 0 spiro atoms. The van der Waals surface area contributed by atoms with E-state index >= 15 is 0 Å². The molecule has 27 heavy (non-hydrogen) atoms. The third kappa shape index (κ3) is 4.97. The van der Waals surface area contributed by atoms with Crippen molar-refractivity contribution < 1.29 is 4.79 Å². The van der Waals surface area contributed by atoms with Gasteiger partial charge in [0.1, 0.15) is 5.82 Å². The van der Waals surface area contributed by atoms with E-state index in [-0.39, 0.29) is 5.91 Å². The summed E-state index contributed by atoms with van der Waals surface area (Å²) in [4.78, 5) is 17.2. The fourth-order valence-electron chi connectivity index (χ4n) is 3.35. The molecule has 0 aliphatic heterocycles. The van der Waals surface area contributed by atoms with E-state index < -0.39 is 0 Å². The number of rotatable bonds is 9. The smallest absolute Gasteiger partial charge is 0.251 e. The molecular formula is C23H29N3O. The average Bonchev–Trinajstić information content (AvgIpc) is 3.04. The van der Waals surface area contributed by atoms with Crippen LogP contribution in [0.1, 0.15) is 60.8 Å². The van der Waals surface area contributed by atoms with Gasteiger partial charge in [-0.2, -0.15) is 0 Å². The molecule has 0 bridgehead atoms. The first kappa shape index (κ1) is 19.2. The van der Waals surface area contributed by atoms with Crippen LogP contribution >= 0.6 is 0 Å². The monoisotopic (exact) mass is 363 g/mol. The number of aromatic nitrogens is 2. The normalized spacial score (nSPS) is 11.0. The Morgan fingerprint density at radius 1 is 1.00 bits per heavy atom. The van der Waals surface area contributed by atoms with Gasteiger partial charge in [-0.25, -0.2) is 4.98 Å². The number of unbranched alkanes of at least 4 members (excludes halogenated alkanes) is 4. The first-order valence-electron chi connectivity index (χ1n) is 9.98. The van der Waals surface area contributed by atoms with Crippen molar-refractivity contribution in [2.45, 2.75) is 59.0 Å². The molecule has 1 N–H and O–H groups in total. The van der Waals surface area contributed by atoms with Crippen molar-refractivity contribution in [2.75, 3.05) is 0 Å². The summed E-state index contributed by atoms with van der Waals surface area (Å²) in [6.07, 6.45) is 6.20. The summed E-state index contributed by atoms with van der Waals surface area (Å²) < 4.78 is 2.26. The van der Waals surface area contributed by atoms with Crippen molar-refractivity contribution in [2.24, 2.45) is 0 Å². The van der Waals surface area contributed by atoms with Crippen LogP contribution < -0.4 is 5.32 Å². The molecule has 4 nitrogen and oxygen atoms in total. The van der Waals surface area contributed by atoms with E-state index in [2.05, 4.69) is 22.9 Å². The highest BCUT2D eigenvalue weighted by molar-refractivity contribution is 5.94. The van der Waals surface area contributed by atoms with Gasteiger partial charge >= 0.3 is 0 Å². The Balaban J connectivity index is 1.70. The molecular weight excluding hydrogens is 334 g/mol. The topological polar surface area (TPSA) is 46.9 Å². The minimum Gasteiger partial charge on any atom is -0.345 e. The summed E-state index contributed by atoms with van der Waals surface area (Å²) in [6.45, 7) is 5.64. The van der Waals surface area contributed by atoms with E-state index in [0.717, 1.165) is 35.4 Å². The Morgan fingerprint density at radius 3 is 2.52 bits per heavy atom. The number of hydrogen-bond acceptors (Lipinski definition) is 2. The van der Waals surface area contributed by atoms with E-state index in [0.29, 0.717) is 12.1 Å². The second-order valence-electron chi connectivity index (χ2n) is 7.13. The van der Waals surface area contributed by atoms with Gasteiger partial charge in [0.25, 0.3) is 5.91 Å². The largest absolute Gasteiger partial charge is 0.345 e. The number of fused-ring (bicyclic) bond motifs is 1. The summed E-state index contributed by atoms with van der Waals surface area (Å²) in [5, 5.41) is 3.02. The van der Waals surface area contributed by atoms with Gasteiger partial charge in [-0.05, 0) is 37.6 Å². The number of amides is 1. The van der Waals surface area contributed by atoms with E-state index in [1.807, 2.05) is 49.4 Å². The van der Waals surface area contributed by atoms with Crippen LogP contribution in [0.5, 0.6) is 0 Å². The zero-order chi connectivity index (χ0) is 19.1. The zero-order valence-electron chi connectivity index (χ0n) is 16.4. The Bertz CT molecular complexity index is 880. The highest BCUT2D eigenvalue weighted by atomic mass is 16.1. The summed E-state index contributed by atoms with van der Waals surface area (Å²) in [5.41, 5.74) is 3.97. The maximum atomic E-state index is 12.4. The Labute approximate surface area is 161 Å². The van der Waals surface area contributed by atoms with Crippen LogP contribution in [-0.4, -0.2) is 15.5 Å². The Morgan fingerprint density at radius 2 is 1.74 bits per heavy atom. The SMILES string of the molecule is CCCCCCCn1c(CNC(=O)c2ccc(C)cc2)nc2ccccc21. The van der Waals surface area contributed by atoms with Crippen LogP contribution in [0.25, 0.3) is 11.0 Å². The molecule has 0 atom stereocenters. The lowest BCUT2D eigenvalue weighted by atomic mass is 10.1. The number of nitrogens with one attached hydrogen (secondary N) is 1. The maximum absolute atomic E-state index is 12.4. The van der Waals surface area contributed by atoms with Crippen molar-refractivity contribution in [1.82, 2.24) is 14.9 Å². The minimum atomic E-state index is -0.0587. The van der Waals surface area contributed by atoms with Crippen molar-refractivity contribution in [3.05, 3.63) is 65.5 Å². The number of imidazole rings is 1. The van der Waals surface area contributed by atoms with Gasteiger partial charge in [-0.1, -0.05) is 62.4 Å². The first-order valence-corrected chi connectivity index (χ1v) is 9.98. The van der Waals surface area contributed by atoms with Gasteiger partial charge in [0.05, 0.1) is 17.6 Å². The minimum absolute atomic E-state index is 0.0587. The number of nitrogens with zero attached hydrogens (tertiary/aromatic N) is 2. The molecule has 1 heterocycles. The summed E-state index contributed by atoms with van der Waals surface area (Å²) in [7, 11) is 0. The first-order chi connectivity index (χ1) is 13.2. The van der Waals surface area contributed by atoms with Crippen LogP contribution in [0, 0.1) is 6.92 Å². The van der Waals surface area contributed by atoms with E-state index in [1.165, 1.54) is 25.7 Å². The van der Waals surface area contributed by atoms with Crippen molar-refractivity contribution in [3.63, 3.8) is 0 Å². The lowest BCUT2D eigenvalue weighted by Crippen LogP contribution is -2.24. The number of hydrogen-bond donors (Lipinski definition) is 1. The van der Waals surface area contributed by atoms with E-state index in [1.54, 1.807) is 0 Å². The van der Waals surface area contributed by atoms with Crippen LogP contribution in [0.15, 0.2) is 48.5 Å². The fraction of sp³-hybridized carbons (Fsp3) is 0.391. The molecule has 3 aromatic rings. The number of aryl methyl sites for hydroxylation is 2. The molecule has 142 valence electrons. The molecule has 3 rings (SSSR count). The molecule has 0 aliphatic carbocycles. The lowest BCUT2D eigenvalue weighted by molar-refractivity contribution is 0.0949. The molecule has 4 heteroatoms. The van der Waals surface area contributed by atoms with Crippen LogP contribution in [-0.2, 0) is 13.1 Å². The Hall–Kier alpha value is -2.62. The van der Waals surface area contributed by atoms with Crippen LogP contribution in [0.3, 0.4) is 0 Å². The number of benzene rings is 2. The predicted molar refractivity (Wildman–Crippen MR) is 111 cm³/mol. The van der Waals surface area contributed by atoms with E-state index in [9.17, 15) is 4.79 Å².